The van der Waals surface area contributed by atoms with E-state index in [0.717, 1.165) is 12.0 Å². The SMILES string of the molecule is Cc1ccc(CN2CCC(Nc3ccnc(C(N)=O)c3)C2=O)cc1. The number of carbonyl (C=O) groups is 2. The second-order valence-electron chi connectivity index (χ2n) is 6.02. The molecule has 1 unspecified atom stereocenters. The molecular formula is C18H20N4O2. The van der Waals surface area contributed by atoms with Crippen molar-refractivity contribution in [2.24, 2.45) is 5.73 Å². The molecule has 1 aromatic heterocycles. The number of amides is 2. The van der Waals surface area contributed by atoms with Crippen LogP contribution in [0.1, 0.15) is 28.0 Å². The molecule has 0 saturated carbocycles. The van der Waals surface area contributed by atoms with Gasteiger partial charge in [0.2, 0.25) is 5.91 Å². The first-order valence-electron chi connectivity index (χ1n) is 7.89. The topological polar surface area (TPSA) is 88.3 Å². The number of hydrogen-bond acceptors (Lipinski definition) is 4. The summed E-state index contributed by atoms with van der Waals surface area (Å²) < 4.78 is 0. The summed E-state index contributed by atoms with van der Waals surface area (Å²) in [5.74, 6) is -0.523. The van der Waals surface area contributed by atoms with Gasteiger partial charge >= 0.3 is 0 Å². The number of anilines is 1. The second-order valence-corrected chi connectivity index (χ2v) is 6.02. The van der Waals surface area contributed by atoms with Crippen molar-refractivity contribution in [2.45, 2.75) is 25.9 Å². The first-order valence-corrected chi connectivity index (χ1v) is 7.89. The highest BCUT2D eigenvalue weighted by molar-refractivity contribution is 5.92. The Morgan fingerprint density at radius 2 is 2.08 bits per heavy atom. The molecule has 2 heterocycles. The standard InChI is InChI=1S/C18H20N4O2/c1-12-2-4-13(5-3-12)11-22-9-7-15(18(22)24)21-14-6-8-20-16(10-14)17(19)23/h2-6,8,10,15H,7,9,11H2,1H3,(H2,19,23)(H,20,21). The zero-order valence-corrected chi connectivity index (χ0v) is 13.5. The summed E-state index contributed by atoms with van der Waals surface area (Å²) in [6.07, 6.45) is 2.23. The van der Waals surface area contributed by atoms with Crippen LogP contribution in [0, 0.1) is 6.92 Å². The Labute approximate surface area is 140 Å². The fourth-order valence-corrected chi connectivity index (χ4v) is 2.80. The minimum Gasteiger partial charge on any atom is -0.374 e. The van der Waals surface area contributed by atoms with Crippen molar-refractivity contribution in [3.05, 3.63) is 59.4 Å². The highest BCUT2D eigenvalue weighted by Crippen LogP contribution is 2.19. The molecule has 1 aromatic carbocycles. The van der Waals surface area contributed by atoms with Crippen LogP contribution < -0.4 is 11.1 Å². The summed E-state index contributed by atoms with van der Waals surface area (Å²) in [6.45, 7) is 3.36. The zero-order valence-electron chi connectivity index (χ0n) is 13.5. The molecule has 0 aliphatic carbocycles. The third-order valence-corrected chi connectivity index (χ3v) is 4.14. The molecule has 1 aliphatic heterocycles. The van der Waals surface area contributed by atoms with Gasteiger partial charge in [-0.15, -0.1) is 0 Å². The molecule has 1 saturated heterocycles. The maximum absolute atomic E-state index is 12.6. The Balaban J connectivity index is 1.64. The second kappa shape index (κ2) is 6.70. The molecule has 1 fully saturated rings. The Morgan fingerprint density at radius 1 is 1.33 bits per heavy atom. The van der Waals surface area contributed by atoms with Crippen LogP contribution in [0.5, 0.6) is 0 Å². The van der Waals surface area contributed by atoms with Gasteiger partial charge in [-0.1, -0.05) is 29.8 Å². The lowest BCUT2D eigenvalue weighted by Crippen LogP contribution is -2.33. The molecule has 6 heteroatoms. The molecule has 24 heavy (non-hydrogen) atoms. The minimum atomic E-state index is -0.586. The van der Waals surface area contributed by atoms with Gasteiger partial charge in [0.25, 0.3) is 5.91 Å². The van der Waals surface area contributed by atoms with Gasteiger partial charge in [-0.3, -0.25) is 14.6 Å². The maximum Gasteiger partial charge on any atom is 0.267 e. The number of pyridine rings is 1. The van der Waals surface area contributed by atoms with E-state index in [9.17, 15) is 9.59 Å². The molecule has 6 nitrogen and oxygen atoms in total. The fourth-order valence-electron chi connectivity index (χ4n) is 2.80. The minimum absolute atomic E-state index is 0.0630. The first kappa shape index (κ1) is 16.0. The van der Waals surface area contributed by atoms with E-state index in [2.05, 4.69) is 10.3 Å². The van der Waals surface area contributed by atoms with Crippen molar-refractivity contribution in [2.75, 3.05) is 11.9 Å². The quantitative estimate of drug-likeness (QED) is 0.876. The van der Waals surface area contributed by atoms with E-state index < -0.39 is 5.91 Å². The predicted octanol–water partition coefficient (Wildman–Crippen LogP) is 1.70. The molecule has 2 aromatic rings. The van der Waals surface area contributed by atoms with Gasteiger partial charge in [0.05, 0.1) is 0 Å². The molecule has 0 spiro atoms. The number of primary amides is 1. The van der Waals surface area contributed by atoms with Crippen molar-refractivity contribution in [3.63, 3.8) is 0 Å². The van der Waals surface area contributed by atoms with Gasteiger partial charge in [-0.2, -0.15) is 0 Å². The van der Waals surface area contributed by atoms with Gasteiger partial charge in [0, 0.05) is 25.0 Å². The summed E-state index contributed by atoms with van der Waals surface area (Å²) in [7, 11) is 0. The average Bonchev–Trinajstić information content (AvgIpc) is 2.90. The van der Waals surface area contributed by atoms with Gasteiger partial charge in [-0.25, -0.2) is 0 Å². The lowest BCUT2D eigenvalue weighted by molar-refractivity contribution is -0.128. The van der Waals surface area contributed by atoms with Crippen LogP contribution in [-0.4, -0.2) is 34.3 Å². The van der Waals surface area contributed by atoms with Gasteiger partial charge < -0.3 is 16.0 Å². The lowest BCUT2D eigenvalue weighted by Gasteiger charge is -2.18. The van der Waals surface area contributed by atoms with E-state index in [1.54, 1.807) is 12.1 Å². The molecule has 1 atom stereocenters. The third-order valence-electron chi connectivity index (χ3n) is 4.14. The zero-order chi connectivity index (χ0) is 17.1. The first-order chi connectivity index (χ1) is 11.5. The van der Waals surface area contributed by atoms with Gasteiger partial charge in [0.1, 0.15) is 11.7 Å². The van der Waals surface area contributed by atoms with Crippen LogP contribution in [0.15, 0.2) is 42.6 Å². The Bertz CT molecular complexity index is 758. The predicted molar refractivity (Wildman–Crippen MR) is 91.4 cm³/mol. The van der Waals surface area contributed by atoms with Crippen molar-refractivity contribution < 1.29 is 9.59 Å². The fraction of sp³-hybridized carbons (Fsp3) is 0.278. The summed E-state index contributed by atoms with van der Waals surface area (Å²) in [5, 5.41) is 3.17. The van der Waals surface area contributed by atoms with Crippen molar-refractivity contribution in [3.8, 4) is 0 Å². The monoisotopic (exact) mass is 324 g/mol. The van der Waals surface area contributed by atoms with E-state index >= 15 is 0 Å². The molecule has 3 rings (SSSR count). The van der Waals surface area contributed by atoms with Crippen LogP contribution in [0.4, 0.5) is 5.69 Å². The summed E-state index contributed by atoms with van der Waals surface area (Å²) in [6, 6.07) is 11.2. The molecule has 0 bridgehead atoms. The van der Waals surface area contributed by atoms with E-state index in [4.69, 9.17) is 5.73 Å². The molecule has 1 aliphatic rings. The number of aromatic nitrogens is 1. The molecule has 3 N–H and O–H groups in total. The molecule has 124 valence electrons. The van der Waals surface area contributed by atoms with Crippen LogP contribution in [-0.2, 0) is 11.3 Å². The van der Waals surface area contributed by atoms with Crippen molar-refractivity contribution in [1.29, 1.82) is 0 Å². The normalized spacial score (nSPS) is 17.1. The highest BCUT2D eigenvalue weighted by Gasteiger charge is 2.31. The Kier molecular flexibility index (Phi) is 4.46. The van der Waals surface area contributed by atoms with Crippen LogP contribution in [0.3, 0.4) is 0 Å². The smallest absolute Gasteiger partial charge is 0.267 e. The third kappa shape index (κ3) is 3.53. The van der Waals surface area contributed by atoms with Gasteiger partial charge in [0.15, 0.2) is 0 Å². The van der Waals surface area contributed by atoms with Crippen molar-refractivity contribution in [1.82, 2.24) is 9.88 Å². The molecule has 2 amide bonds. The number of hydrogen-bond donors (Lipinski definition) is 2. The number of nitrogens with zero attached hydrogens (tertiary/aromatic N) is 2. The molecular weight excluding hydrogens is 304 g/mol. The number of rotatable bonds is 5. The van der Waals surface area contributed by atoms with E-state index in [1.807, 2.05) is 36.1 Å². The van der Waals surface area contributed by atoms with Crippen LogP contribution in [0.2, 0.25) is 0 Å². The van der Waals surface area contributed by atoms with E-state index in [1.165, 1.54) is 11.8 Å². The molecule has 0 radical (unpaired) electrons. The van der Waals surface area contributed by atoms with Gasteiger partial charge in [-0.05, 0) is 31.0 Å². The number of carbonyl (C=O) groups excluding carboxylic acids is 2. The number of likely N-dealkylation sites (tertiary alicyclic amines) is 1. The Morgan fingerprint density at radius 3 is 2.79 bits per heavy atom. The largest absolute Gasteiger partial charge is 0.374 e. The lowest BCUT2D eigenvalue weighted by atomic mass is 10.1. The van der Waals surface area contributed by atoms with E-state index in [-0.39, 0.29) is 17.6 Å². The highest BCUT2D eigenvalue weighted by atomic mass is 16.2. The van der Waals surface area contributed by atoms with Crippen molar-refractivity contribution >= 4 is 17.5 Å². The number of aryl methyl sites for hydroxylation is 1. The van der Waals surface area contributed by atoms with Crippen LogP contribution >= 0.6 is 0 Å². The average molecular weight is 324 g/mol. The van der Waals surface area contributed by atoms with E-state index in [0.29, 0.717) is 18.8 Å². The summed E-state index contributed by atoms with van der Waals surface area (Å²) >= 11 is 0. The van der Waals surface area contributed by atoms with Crippen LogP contribution in [0.25, 0.3) is 0 Å². The summed E-state index contributed by atoms with van der Waals surface area (Å²) in [5.41, 5.74) is 8.41. The summed E-state index contributed by atoms with van der Waals surface area (Å²) in [4.78, 5) is 29.5. The number of benzene rings is 1. The maximum atomic E-state index is 12.6. The number of nitrogens with one attached hydrogen (secondary N) is 1. The number of nitrogens with two attached hydrogens (primary N) is 1. The Hall–Kier alpha value is -2.89.